The zero-order chi connectivity index (χ0) is 21.3. The van der Waals surface area contributed by atoms with E-state index in [1.165, 1.54) is 0 Å². The van der Waals surface area contributed by atoms with Crippen LogP contribution in [0.2, 0.25) is 0 Å². The second kappa shape index (κ2) is 8.06. The van der Waals surface area contributed by atoms with Crippen LogP contribution in [0, 0.1) is 0 Å². The van der Waals surface area contributed by atoms with Gasteiger partial charge in [-0.15, -0.1) is 11.3 Å². The first-order valence-corrected chi connectivity index (χ1v) is 11.0. The number of carbonyl (C=O) groups is 3. The largest absolute Gasteiger partial charge is 0.347 e. The van der Waals surface area contributed by atoms with Crippen LogP contribution in [0.4, 0.5) is 5.82 Å². The van der Waals surface area contributed by atoms with Crippen LogP contribution in [-0.4, -0.2) is 45.9 Å². The number of fused-ring (bicyclic) bond motifs is 1. The summed E-state index contributed by atoms with van der Waals surface area (Å²) in [7, 11) is 0. The van der Waals surface area contributed by atoms with Gasteiger partial charge in [-0.1, -0.05) is 6.07 Å². The van der Waals surface area contributed by atoms with Gasteiger partial charge in [0.25, 0.3) is 5.91 Å². The van der Waals surface area contributed by atoms with Gasteiger partial charge >= 0.3 is 0 Å². The van der Waals surface area contributed by atoms with Gasteiger partial charge in [0.15, 0.2) is 0 Å². The second-order valence-electron chi connectivity index (χ2n) is 7.82. The normalized spacial score (nSPS) is 23.1. The minimum atomic E-state index is -0.747. The van der Waals surface area contributed by atoms with Gasteiger partial charge in [0.05, 0.1) is 11.6 Å². The van der Waals surface area contributed by atoms with Gasteiger partial charge < -0.3 is 20.9 Å². The molecule has 3 atom stereocenters. The molecule has 4 heterocycles. The molecule has 0 unspecified atom stereocenters. The number of nitrogens with one attached hydrogen (secondary N) is 3. The van der Waals surface area contributed by atoms with Crippen molar-refractivity contribution in [3.05, 3.63) is 46.3 Å². The van der Waals surface area contributed by atoms with Gasteiger partial charge in [0.1, 0.15) is 17.5 Å². The van der Waals surface area contributed by atoms with Crippen LogP contribution >= 0.6 is 11.3 Å². The molecular formula is C21H25N5O3S. The summed E-state index contributed by atoms with van der Waals surface area (Å²) in [6.07, 6.45) is 2.78. The lowest BCUT2D eigenvalue weighted by molar-refractivity contribution is -0.139. The number of rotatable bonds is 4. The number of thiophene rings is 1. The van der Waals surface area contributed by atoms with E-state index in [2.05, 4.69) is 20.9 Å². The molecule has 8 nitrogen and oxygen atoms in total. The van der Waals surface area contributed by atoms with Crippen molar-refractivity contribution in [2.75, 3.05) is 11.9 Å². The minimum absolute atomic E-state index is 0.0961. The summed E-state index contributed by atoms with van der Waals surface area (Å²) in [5.41, 5.74) is -0.255. The lowest BCUT2D eigenvalue weighted by atomic mass is 9.97. The van der Waals surface area contributed by atoms with Crippen molar-refractivity contribution in [2.45, 2.75) is 50.9 Å². The first-order valence-electron chi connectivity index (χ1n) is 10.1. The Morgan fingerprint density at radius 2 is 2.07 bits per heavy atom. The molecule has 1 spiro atoms. The van der Waals surface area contributed by atoms with Crippen LogP contribution in [-0.2, 0) is 9.59 Å². The van der Waals surface area contributed by atoms with Crippen molar-refractivity contribution in [1.29, 1.82) is 0 Å². The predicted octanol–water partition coefficient (Wildman–Crippen LogP) is 2.27. The number of nitrogens with zero attached hydrogens (tertiary/aromatic N) is 2. The van der Waals surface area contributed by atoms with Gasteiger partial charge in [-0.3, -0.25) is 14.4 Å². The lowest BCUT2D eigenvalue weighted by Gasteiger charge is -2.39. The highest BCUT2D eigenvalue weighted by molar-refractivity contribution is 7.10. The summed E-state index contributed by atoms with van der Waals surface area (Å²) in [5, 5.41) is 11.3. The highest BCUT2D eigenvalue weighted by atomic mass is 32.1. The Balaban J connectivity index is 1.45. The summed E-state index contributed by atoms with van der Waals surface area (Å²) < 4.78 is 0. The number of carbonyl (C=O) groups excluding carboxylic acids is 3. The minimum Gasteiger partial charge on any atom is -0.347 e. The molecule has 2 aromatic rings. The molecule has 0 bridgehead atoms. The number of anilines is 1. The quantitative estimate of drug-likeness (QED) is 0.695. The zero-order valence-corrected chi connectivity index (χ0v) is 17.8. The smallest absolute Gasteiger partial charge is 0.256 e. The molecule has 1 fully saturated rings. The SMILES string of the molecule is C[C@H](C(=O)N[C@H](C)c1cccs1)N1CC[C@]2(CCC1=O)NC(=O)c1cccnc1N2. The van der Waals surface area contributed by atoms with Crippen molar-refractivity contribution < 1.29 is 14.4 Å². The van der Waals surface area contributed by atoms with Crippen LogP contribution in [0.5, 0.6) is 0 Å². The third-order valence-corrected chi connectivity index (χ3v) is 6.86. The molecule has 3 amide bonds. The molecule has 2 aliphatic heterocycles. The average molecular weight is 428 g/mol. The Labute approximate surface area is 179 Å². The third-order valence-electron chi connectivity index (χ3n) is 5.80. The summed E-state index contributed by atoms with van der Waals surface area (Å²) in [5.74, 6) is 0.0417. The maximum absolute atomic E-state index is 12.8. The maximum Gasteiger partial charge on any atom is 0.256 e. The Morgan fingerprint density at radius 3 is 2.83 bits per heavy atom. The van der Waals surface area contributed by atoms with E-state index in [9.17, 15) is 14.4 Å². The third kappa shape index (κ3) is 3.89. The molecule has 4 rings (SSSR count). The summed E-state index contributed by atoms with van der Waals surface area (Å²) >= 11 is 1.58. The molecule has 0 aromatic carbocycles. The number of likely N-dealkylation sites (tertiary alicyclic amines) is 1. The van der Waals surface area contributed by atoms with Crippen LogP contribution in [0.1, 0.15) is 54.4 Å². The van der Waals surface area contributed by atoms with E-state index in [0.29, 0.717) is 30.8 Å². The fraction of sp³-hybridized carbons (Fsp3) is 0.429. The van der Waals surface area contributed by atoms with Crippen LogP contribution in [0.25, 0.3) is 0 Å². The Morgan fingerprint density at radius 1 is 1.23 bits per heavy atom. The van der Waals surface area contributed by atoms with Gasteiger partial charge in [-0.2, -0.15) is 0 Å². The van der Waals surface area contributed by atoms with E-state index in [1.807, 2.05) is 24.4 Å². The standard InChI is InChI=1S/C21H25N5O3S/c1-13(16-6-4-12-30-16)23-19(28)14(2)26-11-9-21(8-7-17(26)27)24-18-15(20(29)25-21)5-3-10-22-18/h3-6,10,12-14H,7-9,11H2,1-2H3,(H,22,24)(H,23,28)(H,25,29)/t13-,14-,21+/m1/s1. The first kappa shape index (κ1) is 20.3. The Kier molecular flexibility index (Phi) is 5.46. The predicted molar refractivity (Wildman–Crippen MR) is 114 cm³/mol. The van der Waals surface area contributed by atoms with E-state index in [4.69, 9.17) is 0 Å². The molecule has 0 saturated carbocycles. The first-order chi connectivity index (χ1) is 14.4. The molecule has 2 aliphatic rings. The summed E-state index contributed by atoms with van der Waals surface area (Å²) in [6.45, 7) is 4.04. The van der Waals surface area contributed by atoms with E-state index >= 15 is 0 Å². The Hall–Kier alpha value is -2.94. The van der Waals surface area contributed by atoms with Crippen molar-refractivity contribution in [3.8, 4) is 0 Å². The molecule has 2 aromatic heterocycles. The second-order valence-corrected chi connectivity index (χ2v) is 8.80. The van der Waals surface area contributed by atoms with Crippen molar-refractivity contribution in [1.82, 2.24) is 20.5 Å². The van der Waals surface area contributed by atoms with E-state index in [0.717, 1.165) is 4.88 Å². The zero-order valence-electron chi connectivity index (χ0n) is 17.0. The molecule has 9 heteroatoms. The van der Waals surface area contributed by atoms with Crippen LogP contribution in [0.3, 0.4) is 0 Å². The molecule has 3 N–H and O–H groups in total. The fourth-order valence-electron chi connectivity index (χ4n) is 4.00. The molecule has 158 valence electrons. The number of aromatic nitrogens is 1. The van der Waals surface area contributed by atoms with Gasteiger partial charge in [0, 0.05) is 30.5 Å². The van der Waals surface area contributed by atoms with Crippen molar-refractivity contribution >= 4 is 34.9 Å². The van der Waals surface area contributed by atoms with Crippen molar-refractivity contribution in [2.24, 2.45) is 0 Å². The topological polar surface area (TPSA) is 103 Å². The van der Waals surface area contributed by atoms with E-state index in [-0.39, 0.29) is 30.2 Å². The highest BCUT2D eigenvalue weighted by Crippen LogP contribution is 2.31. The summed E-state index contributed by atoms with van der Waals surface area (Å²) in [6, 6.07) is 6.64. The lowest BCUT2D eigenvalue weighted by Crippen LogP contribution is -2.58. The number of hydrogen-bond acceptors (Lipinski definition) is 6. The van der Waals surface area contributed by atoms with Gasteiger partial charge in [0.2, 0.25) is 11.8 Å². The van der Waals surface area contributed by atoms with Crippen molar-refractivity contribution in [3.63, 3.8) is 0 Å². The van der Waals surface area contributed by atoms with E-state index < -0.39 is 11.7 Å². The number of amides is 3. The van der Waals surface area contributed by atoms with Gasteiger partial charge in [-0.25, -0.2) is 4.98 Å². The molecular weight excluding hydrogens is 402 g/mol. The molecule has 0 aliphatic carbocycles. The highest BCUT2D eigenvalue weighted by Gasteiger charge is 2.42. The van der Waals surface area contributed by atoms with Gasteiger partial charge in [-0.05, 0) is 43.8 Å². The Bertz CT molecular complexity index is 963. The van der Waals surface area contributed by atoms with Crippen LogP contribution in [0.15, 0.2) is 35.8 Å². The van der Waals surface area contributed by atoms with Crippen LogP contribution < -0.4 is 16.0 Å². The molecule has 30 heavy (non-hydrogen) atoms. The monoisotopic (exact) mass is 427 g/mol. The van der Waals surface area contributed by atoms with E-state index in [1.54, 1.807) is 41.5 Å². The molecule has 0 radical (unpaired) electrons. The molecule has 1 saturated heterocycles. The average Bonchev–Trinajstić information content (AvgIpc) is 3.22. The number of pyridine rings is 1. The fourth-order valence-corrected chi connectivity index (χ4v) is 4.73. The summed E-state index contributed by atoms with van der Waals surface area (Å²) in [4.78, 5) is 45.1. The number of hydrogen-bond donors (Lipinski definition) is 3. The maximum atomic E-state index is 12.8.